The van der Waals surface area contributed by atoms with Gasteiger partial charge in [-0.15, -0.1) is 0 Å². The Morgan fingerprint density at radius 2 is 1.89 bits per heavy atom. The minimum Gasteiger partial charge on any atom is -0.493 e. The molecule has 0 saturated heterocycles. The number of hydrogen-bond donors (Lipinski definition) is 3. The maximum Gasteiger partial charge on any atom is 0.339 e. The summed E-state index contributed by atoms with van der Waals surface area (Å²) in [6.45, 7) is 6.31. The summed E-state index contributed by atoms with van der Waals surface area (Å²) in [5, 5.41) is 13.0. The van der Waals surface area contributed by atoms with E-state index in [0.29, 0.717) is 24.0 Å². The number of benzene rings is 3. The van der Waals surface area contributed by atoms with Crippen LogP contribution in [-0.2, 0) is 6.42 Å². The van der Waals surface area contributed by atoms with E-state index >= 15 is 0 Å². The van der Waals surface area contributed by atoms with Gasteiger partial charge in [0.25, 0.3) is 0 Å². The normalized spacial score (nSPS) is 14.9. The molecule has 192 valence electrons. The summed E-state index contributed by atoms with van der Waals surface area (Å²) in [6.07, 6.45) is 1.89. The number of fused-ring (bicyclic) bond motifs is 1. The number of rotatable bonds is 10. The Balaban J connectivity index is 0.00000176. The molecular formula is C29H36N2O5. The van der Waals surface area contributed by atoms with Crippen molar-refractivity contribution < 1.29 is 24.1 Å². The summed E-state index contributed by atoms with van der Waals surface area (Å²) >= 11 is 0. The first-order valence-corrected chi connectivity index (χ1v) is 12.3. The fourth-order valence-corrected chi connectivity index (χ4v) is 4.01. The average molecular weight is 493 g/mol. The topological polar surface area (TPSA) is 103 Å². The molecule has 0 spiro atoms. The predicted molar refractivity (Wildman–Crippen MR) is 141 cm³/mol. The first kappa shape index (κ1) is 27.0. The van der Waals surface area contributed by atoms with Crippen molar-refractivity contribution in [1.82, 2.24) is 5.32 Å². The first-order valence-electron chi connectivity index (χ1n) is 12.3. The summed E-state index contributed by atoms with van der Waals surface area (Å²) in [4.78, 5) is 11.5. The molecule has 0 aromatic heterocycles. The van der Waals surface area contributed by atoms with Gasteiger partial charge in [0.1, 0.15) is 34.7 Å². The minimum absolute atomic E-state index is 0.108. The van der Waals surface area contributed by atoms with E-state index in [1.807, 2.05) is 61.5 Å². The van der Waals surface area contributed by atoms with E-state index in [4.69, 9.17) is 14.2 Å². The highest BCUT2D eigenvalue weighted by Crippen LogP contribution is 2.34. The highest BCUT2D eigenvalue weighted by atomic mass is 16.5. The minimum atomic E-state index is -1.00. The standard InChI is InChI=1S/C28H31NO5.CH5N/c1-19(18-32-22-8-4-3-5-9-22)16-29-17-24-12-11-21-15-23(13-14-26(21)33-24)34-27-20(2)7-6-10-25(27)28(30)31;1-2/h3-10,13-15,19,24,29H,11-12,16-18H2,1-2H3,(H,30,31);2H2,1H3. The molecule has 3 aromatic rings. The van der Waals surface area contributed by atoms with Gasteiger partial charge in [-0.05, 0) is 74.3 Å². The summed E-state index contributed by atoms with van der Waals surface area (Å²) < 4.78 is 18.0. The van der Waals surface area contributed by atoms with Crippen LogP contribution < -0.4 is 25.3 Å². The predicted octanol–water partition coefficient (Wildman–Crippen LogP) is 5.06. The number of nitrogens with one attached hydrogen (secondary N) is 1. The Morgan fingerprint density at radius 1 is 1.11 bits per heavy atom. The van der Waals surface area contributed by atoms with Crippen molar-refractivity contribution in [3.8, 4) is 23.0 Å². The van der Waals surface area contributed by atoms with Gasteiger partial charge in [-0.3, -0.25) is 0 Å². The Kier molecular flexibility index (Phi) is 10.2. The van der Waals surface area contributed by atoms with Crippen molar-refractivity contribution in [3.63, 3.8) is 0 Å². The molecule has 1 aliphatic rings. The van der Waals surface area contributed by atoms with Gasteiger partial charge in [-0.1, -0.05) is 37.3 Å². The Labute approximate surface area is 213 Å². The fourth-order valence-electron chi connectivity index (χ4n) is 4.01. The summed E-state index contributed by atoms with van der Waals surface area (Å²) in [5.41, 5.74) is 6.51. The van der Waals surface area contributed by atoms with E-state index in [1.165, 1.54) is 7.05 Å². The van der Waals surface area contributed by atoms with Crippen LogP contribution in [0.2, 0.25) is 0 Å². The SMILES string of the molecule is CN.Cc1cccc(C(=O)O)c1Oc1ccc2c(c1)CCC(CNCC(C)COc1ccccc1)O2. The van der Waals surface area contributed by atoms with Crippen LogP contribution in [0, 0.1) is 12.8 Å². The molecule has 0 saturated carbocycles. The van der Waals surface area contributed by atoms with Crippen molar-refractivity contribution in [2.24, 2.45) is 11.7 Å². The molecule has 36 heavy (non-hydrogen) atoms. The molecule has 4 rings (SSSR count). The maximum absolute atomic E-state index is 11.5. The monoisotopic (exact) mass is 492 g/mol. The molecule has 7 heteroatoms. The molecular weight excluding hydrogens is 456 g/mol. The lowest BCUT2D eigenvalue weighted by atomic mass is 10.0. The number of aromatic carboxylic acids is 1. The molecule has 3 aromatic carbocycles. The third-order valence-corrected chi connectivity index (χ3v) is 5.87. The zero-order chi connectivity index (χ0) is 25.9. The Morgan fingerprint density at radius 3 is 2.64 bits per heavy atom. The lowest BCUT2D eigenvalue weighted by Crippen LogP contribution is -2.36. The zero-order valence-corrected chi connectivity index (χ0v) is 21.2. The van der Waals surface area contributed by atoms with Crippen LogP contribution in [0.4, 0.5) is 0 Å². The maximum atomic E-state index is 11.5. The van der Waals surface area contributed by atoms with Gasteiger partial charge in [0.15, 0.2) is 0 Å². The van der Waals surface area contributed by atoms with Gasteiger partial charge >= 0.3 is 5.97 Å². The molecule has 0 radical (unpaired) electrons. The van der Waals surface area contributed by atoms with Crippen LogP contribution in [-0.4, -0.2) is 43.9 Å². The number of carbonyl (C=O) groups is 1. The molecule has 1 aliphatic heterocycles. The van der Waals surface area contributed by atoms with Gasteiger partial charge in [-0.25, -0.2) is 4.79 Å². The van der Waals surface area contributed by atoms with Crippen molar-refractivity contribution in [2.75, 3.05) is 26.7 Å². The Bertz CT molecular complexity index is 1120. The molecule has 0 bridgehead atoms. The second-order valence-corrected chi connectivity index (χ2v) is 8.79. The highest BCUT2D eigenvalue weighted by Gasteiger charge is 2.21. The first-order chi connectivity index (χ1) is 17.5. The molecule has 2 atom stereocenters. The molecule has 7 nitrogen and oxygen atoms in total. The second kappa shape index (κ2) is 13.5. The third-order valence-electron chi connectivity index (χ3n) is 5.87. The smallest absolute Gasteiger partial charge is 0.339 e. The molecule has 2 unspecified atom stereocenters. The van der Waals surface area contributed by atoms with Gasteiger partial charge in [0.2, 0.25) is 0 Å². The van der Waals surface area contributed by atoms with Gasteiger partial charge in [0.05, 0.1) is 6.61 Å². The number of para-hydroxylation sites is 2. The van der Waals surface area contributed by atoms with Crippen molar-refractivity contribution in [1.29, 1.82) is 0 Å². The number of nitrogens with two attached hydrogens (primary N) is 1. The van der Waals surface area contributed by atoms with E-state index in [1.54, 1.807) is 12.1 Å². The van der Waals surface area contributed by atoms with Crippen LogP contribution in [0.15, 0.2) is 66.7 Å². The molecule has 4 N–H and O–H groups in total. The third kappa shape index (κ3) is 7.47. The van der Waals surface area contributed by atoms with Crippen LogP contribution >= 0.6 is 0 Å². The molecule has 1 heterocycles. The summed E-state index contributed by atoms with van der Waals surface area (Å²) in [6, 6.07) is 20.7. The largest absolute Gasteiger partial charge is 0.493 e. The number of carboxylic acid groups (broad SMARTS) is 1. The fraction of sp³-hybridized carbons (Fsp3) is 0.345. The van der Waals surface area contributed by atoms with E-state index in [2.05, 4.69) is 18.0 Å². The number of carboxylic acids is 1. The Hall–Kier alpha value is -3.55. The van der Waals surface area contributed by atoms with E-state index < -0.39 is 5.97 Å². The average Bonchev–Trinajstić information content (AvgIpc) is 2.90. The van der Waals surface area contributed by atoms with Crippen LogP contribution in [0.5, 0.6) is 23.0 Å². The van der Waals surface area contributed by atoms with E-state index in [-0.39, 0.29) is 11.7 Å². The number of aryl methyl sites for hydroxylation is 2. The lowest BCUT2D eigenvalue weighted by molar-refractivity contribution is 0.0694. The molecule has 0 fully saturated rings. The molecule has 0 amide bonds. The van der Waals surface area contributed by atoms with Gasteiger partial charge in [-0.2, -0.15) is 0 Å². The molecule has 0 aliphatic carbocycles. The van der Waals surface area contributed by atoms with E-state index in [9.17, 15) is 9.90 Å². The number of ether oxygens (including phenoxy) is 3. The van der Waals surface area contributed by atoms with Crippen LogP contribution in [0.1, 0.15) is 34.8 Å². The van der Waals surface area contributed by atoms with Gasteiger partial charge < -0.3 is 30.4 Å². The second-order valence-electron chi connectivity index (χ2n) is 8.79. The highest BCUT2D eigenvalue weighted by molar-refractivity contribution is 5.91. The number of hydrogen-bond acceptors (Lipinski definition) is 6. The van der Waals surface area contributed by atoms with Crippen molar-refractivity contribution in [3.05, 3.63) is 83.4 Å². The van der Waals surface area contributed by atoms with Crippen LogP contribution in [0.25, 0.3) is 0 Å². The van der Waals surface area contributed by atoms with Crippen molar-refractivity contribution >= 4 is 5.97 Å². The zero-order valence-electron chi connectivity index (χ0n) is 21.2. The van der Waals surface area contributed by atoms with E-state index in [0.717, 1.165) is 48.6 Å². The van der Waals surface area contributed by atoms with Crippen LogP contribution in [0.3, 0.4) is 0 Å². The summed E-state index contributed by atoms with van der Waals surface area (Å²) in [5.74, 6) is 2.12. The van der Waals surface area contributed by atoms with Gasteiger partial charge in [0, 0.05) is 19.0 Å². The quantitative estimate of drug-likeness (QED) is 0.364. The van der Waals surface area contributed by atoms with Crippen molar-refractivity contribution in [2.45, 2.75) is 32.8 Å². The summed E-state index contributed by atoms with van der Waals surface area (Å²) in [7, 11) is 1.50. The lowest BCUT2D eigenvalue weighted by Gasteiger charge is -2.27.